The molecule has 2 aliphatic rings. The standard InChI is InChI=1S/C17H20N2O4S/c20-15(18-11-5-1-2-6-11)10-23-16(21)9-14-17(22)19-12-7-3-4-8-13(12)24-14/h3-4,7-8,11,14H,1-2,5-6,9-10H2,(H,18,20)(H,19,22). The van der Waals surface area contributed by atoms with E-state index in [9.17, 15) is 14.4 Å². The average Bonchev–Trinajstić information content (AvgIpc) is 3.06. The van der Waals surface area contributed by atoms with Gasteiger partial charge in [-0.2, -0.15) is 0 Å². The van der Waals surface area contributed by atoms with E-state index in [4.69, 9.17) is 4.74 Å². The molecule has 1 aromatic carbocycles. The van der Waals surface area contributed by atoms with Crippen molar-refractivity contribution >= 4 is 35.2 Å². The lowest BCUT2D eigenvalue weighted by Gasteiger charge is -2.23. The number of amides is 2. The third-order valence-electron chi connectivity index (χ3n) is 4.14. The molecule has 1 atom stereocenters. The molecule has 6 nitrogen and oxygen atoms in total. The molecule has 128 valence electrons. The second kappa shape index (κ2) is 7.70. The lowest BCUT2D eigenvalue weighted by molar-refractivity contribution is -0.149. The molecule has 1 aromatic rings. The zero-order valence-corrected chi connectivity index (χ0v) is 14.1. The van der Waals surface area contributed by atoms with Crippen molar-refractivity contribution in [1.82, 2.24) is 5.32 Å². The minimum Gasteiger partial charge on any atom is -0.456 e. The van der Waals surface area contributed by atoms with E-state index in [2.05, 4.69) is 10.6 Å². The van der Waals surface area contributed by atoms with Crippen LogP contribution in [-0.4, -0.2) is 35.7 Å². The Morgan fingerprint density at radius 1 is 1.25 bits per heavy atom. The van der Waals surface area contributed by atoms with Gasteiger partial charge >= 0.3 is 5.97 Å². The number of hydrogen-bond donors (Lipinski definition) is 2. The van der Waals surface area contributed by atoms with Crippen LogP contribution in [0.25, 0.3) is 0 Å². The molecular formula is C17H20N2O4S. The Morgan fingerprint density at radius 2 is 2.00 bits per heavy atom. The number of para-hydroxylation sites is 1. The van der Waals surface area contributed by atoms with E-state index in [1.165, 1.54) is 11.8 Å². The Hall–Kier alpha value is -2.02. The van der Waals surface area contributed by atoms with Crippen molar-refractivity contribution in [2.45, 2.75) is 48.3 Å². The lowest BCUT2D eigenvalue weighted by atomic mass is 10.2. The summed E-state index contributed by atoms with van der Waals surface area (Å²) in [5.41, 5.74) is 0.757. The van der Waals surface area contributed by atoms with Crippen LogP contribution in [0.1, 0.15) is 32.1 Å². The van der Waals surface area contributed by atoms with Crippen molar-refractivity contribution in [3.63, 3.8) is 0 Å². The molecule has 1 aliphatic heterocycles. The van der Waals surface area contributed by atoms with Gasteiger partial charge in [0.05, 0.1) is 17.4 Å². The highest BCUT2D eigenvalue weighted by atomic mass is 32.2. The topological polar surface area (TPSA) is 84.5 Å². The maximum absolute atomic E-state index is 12.0. The van der Waals surface area contributed by atoms with E-state index >= 15 is 0 Å². The second-order valence-electron chi connectivity index (χ2n) is 6.01. The summed E-state index contributed by atoms with van der Waals surface area (Å²) in [6.07, 6.45) is 4.16. The maximum Gasteiger partial charge on any atom is 0.307 e. The Balaban J connectivity index is 1.45. The summed E-state index contributed by atoms with van der Waals surface area (Å²) < 4.78 is 5.01. The monoisotopic (exact) mass is 348 g/mol. The van der Waals surface area contributed by atoms with Gasteiger partial charge in [-0.05, 0) is 25.0 Å². The van der Waals surface area contributed by atoms with Crippen LogP contribution in [0.3, 0.4) is 0 Å². The summed E-state index contributed by atoms with van der Waals surface area (Å²) in [5.74, 6) is -1.03. The first-order valence-corrected chi connectivity index (χ1v) is 9.01. The molecule has 1 heterocycles. The SMILES string of the molecule is O=C(COC(=O)CC1Sc2ccccc2NC1=O)NC1CCCC1. The lowest BCUT2D eigenvalue weighted by Crippen LogP contribution is -2.36. The number of nitrogens with one attached hydrogen (secondary N) is 2. The Kier molecular flexibility index (Phi) is 5.40. The van der Waals surface area contributed by atoms with Crippen LogP contribution in [0.4, 0.5) is 5.69 Å². The molecule has 1 unspecified atom stereocenters. The van der Waals surface area contributed by atoms with Gasteiger partial charge in [0.2, 0.25) is 5.91 Å². The highest BCUT2D eigenvalue weighted by Crippen LogP contribution is 2.36. The van der Waals surface area contributed by atoms with Crippen molar-refractivity contribution in [2.24, 2.45) is 0 Å². The van der Waals surface area contributed by atoms with Gasteiger partial charge in [-0.3, -0.25) is 14.4 Å². The predicted molar refractivity (Wildman–Crippen MR) is 90.7 cm³/mol. The molecule has 24 heavy (non-hydrogen) atoms. The van der Waals surface area contributed by atoms with E-state index in [0.29, 0.717) is 0 Å². The van der Waals surface area contributed by atoms with Crippen LogP contribution in [0, 0.1) is 0 Å². The van der Waals surface area contributed by atoms with Crippen LogP contribution < -0.4 is 10.6 Å². The molecule has 1 aliphatic carbocycles. The number of hydrogen-bond acceptors (Lipinski definition) is 5. The number of esters is 1. The third kappa shape index (κ3) is 4.29. The van der Waals surface area contributed by atoms with Gasteiger partial charge in [0, 0.05) is 10.9 Å². The molecule has 1 saturated carbocycles. The molecule has 0 saturated heterocycles. The second-order valence-corrected chi connectivity index (χ2v) is 7.25. The van der Waals surface area contributed by atoms with Gasteiger partial charge in [0.15, 0.2) is 6.61 Å². The number of benzene rings is 1. The van der Waals surface area contributed by atoms with Crippen LogP contribution in [0.5, 0.6) is 0 Å². The first-order valence-electron chi connectivity index (χ1n) is 8.13. The molecule has 0 bridgehead atoms. The maximum atomic E-state index is 12.0. The van der Waals surface area contributed by atoms with Gasteiger partial charge < -0.3 is 15.4 Å². The first kappa shape index (κ1) is 16.8. The molecule has 7 heteroatoms. The van der Waals surface area contributed by atoms with Crippen LogP contribution in [0.15, 0.2) is 29.2 Å². The Labute approximate surface area is 144 Å². The van der Waals surface area contributed by atoms with Crippen molar-refractivity contribution in [1.29, 1.82) is 0 Å². The fourth-order valence-electron chi connectivity index (χ4n) is 2.92. The Morgan fingerprint density at radius 3 is 2.79 bits per heavy atom. The van der Waals surface area contributed by atoms with Crippen molar-refractivity contribution in [2.75, 3.05) is 11.9 Å². The van der Waals surface area contributed by atoms with E-state index in [1.807, 2.05) is 24.3 Å². The molecule has 0 radical (unpaired) electrons. The predicted octanol–water partition coefficient (Wildman–Crippen LogP) is 2.09. The third-order valence-corrected chi connectivity index (χ3v) is 5.42. The normalized spacial score (nSPS) is 20.2. The average molecular weight is 348 g/mol. The Bertz CT molecular complexity index is 643. The fraction of sp³-hybridized carbons (Fsp3) is 0.471. The summed E-state index contributed by atoms with van der Waals surface area (Å²) in [4.78, 5) is 36.6. The van der Waals surface area contributed by atoms with Gasteiger partial charge in [0.25, 0.3) is 5.91 Å². The summed E-state index contributed by atoms with van der Waals surface area (Å²) >= 11 is 1.34. The summed E-state index contributed by atoms with van der Waals surface area (Å²) in [6.45, 7) is -0.287. The molecule has 3 rings (SSSR count). The highest BCUT2D eigenvalue weighted by Gasteiger charge is 2.29. The number of fused-ring (bicyclic) bond motifs is 1. The number of carbonyl (C=O) groups excluding carboxylic acids is 3. The molecule has 1 fully saturated rings. The summed E-state index contributed by atoms with van der Waals surface area (Å²) in [6, 6.07) is 7.64. The van der Waals surface area contributed by atoms with E-state index in [0.717, 1.165) is 36.3 Å². The summed E-state index contributed by atoms with van der Waals surface area (Å²) in [7, 11) is 0. The zero-order chi connectivity index (χ0) is 16.9. The van der Waals surface area contributed by atoms with Crippen LogP contribution >= 0.6 is 11.8 Å². The largest absolute Gasteiger partial charge is 0.456 e. The number of anilines is 1. The van der Waals surface area contributed by atoms with E-state index < -0.39 is 11.2 Å². The first-order chi connectivity index (χ1) is 11.6. The minimum absolute atomic E-state index is 0.0540. The number of ether oxygens (including phenoxy) is 1. The van der Waals surface area contributed by atoms with E-state index in [-0.39, 0.29) is 30.9 Å². The molecule has 0 aromatic heterocycles. The fourth-order valence-corrected chi connectivity index (χ4v) is 4.02. The molecular weight excluding hydrogens is 328 g/mol. The zero-order valence-electron chi connectivity index (χ0n) is 13.2. The van der Waals surface area contributed by atoms with Gasteiger partial charge in [-0.25, -0.2) is 0 Å². The molecule has 2 amide bonds. The number of carbonyl (C=O) groups is 3. The minimum atomic E-state index is -0.538. The quantitative estimate of drug-likeness (QED) is 0.796. The smallest absolute Gasteiger partial charge is 0.307 e. The summed E-state index contributed by atoms with van der Waals surface area (Å²) in [5, 5.41) is 5.10. The molecule has 0 spiro atoms. The van der Waals surface area contributed by atoms with Gasteiger partial charge in [0.1, 0.15) is 0 Å². The van der Waals surface area contributed by atoms with Gasteiger partial charge in [-0.1, -0.05) is 25.0 Å². The number of rotatable bonds is 5. The van der Waals surface area contributed by atoms with Crippen LogP contribution in [0.2, 0.25) is 0 Å². The van der Waals surface area contributed by atoms with E-state index in [1.54, 1.807) is 0 Å². The molecule has 2 N–H and O–H groups in total. The highest BCUT2D eigenvalue weighted by molar-refractivity contribution is 8.01. The number of thioether (sulfide) groups is 1. The van der Waals surface area contributed by atoms with Crippen molar-refractivity contribution in [3.8, 4) is 0 Å². The van der Waals surface area contributed by atoms with Gasteiger partial charge in [-0.15, -0.1) is 11.8 Å². The van der Waals surface area contributed by atoms with Crippen molar-refractivity contribution in [3.05, 3.63) is 24.3 Å². The van der Waals surface area contributed by atoms with Crippen LogP contribution in [-0.2, 0) is 19.1 Å². The van der Waals surface area contributed by atoms with Crippen molar-refractivity contribution < 1.29 is 19.1 Å².